The monoisotopic (exact) mass is 376 g/mol. The van der Waals surface area contributed by atoms with Crippen molar-refractivity contribution in [2.45, 2.75) is 50.3 Å². The van der Waals surface area contributed by atoms with E-state index in [0.29, 0.717) is 29.7 Å². The van der Waals surface area contributed by atoms with Gasteiger partial charge >= 0.3 is 5.97 Å². The molecule has 5 nitrogen and oxygen atoms in total. The van der Waals surface area contributed by atoms with E-state index in [4.69, 9.17) is 4.74 Å². The molecule has 0 heterocycles. The lowest BCUT2D eigenvalue weighted by atomic mass is 10.1. The molecule has 0 fully saturated rings. The lowest BCUT2D eigenvalue weighted by Gasteiger charge is -2.13. The van der Waals surface area contributed by atoms with Crippen molar-refractivity contribution in [3.63, 3.8) is 0 Å². The van der Waals surface area contributed by atoms with Crippen LogP contribution in [0.4, 0.5) is 0 Å². The van der Waals surface area contributed by atoms with Crippen LogP contribution in [0.3, 0.4) is 0 Å². The first-order valence-corrected chi connectivity index (χ1v) is 10.1. The van der Waals surface area contributed by atoms with Crippen LogP contribution in [-0.4, -0.2) is 19.5 Å². The van der Waals surface area contributed by atoms with E-state index in [1.165, 1.54) is 36.4 Å². The number of hydrogen-bond donors (Lipinski definition) is 1. The summed E-state index contributed by atoms with van der Waals surface area (Å²) in [7, 11) is -3.73. The van der Waals surface area contributed by atoms with Gasteiger partial charge in [0.1, 0.15) is 11.5 Å². The number of hydrogen-bond acceptors (Lipinski definition) is 5. The normalized spacial score (nSPS) is 11.6. The Bertz CT molecular complexity index is 914. The van der Waals surface area contributed by atoms with Crippen LogP contribution < -0.4 is 4.74 Å². The maximum absolute atomic E-state index is 12.9. The second-order valence-corrected chi connectivity index (χ2v) is 8.30. The molecule has 0 unspecified atom stereocenters. The quantitative estimate of drug-likeness (QED) is 0.611. The highest BCUT2D eigenvalue weighted by Gasteiger charge is 2.21. The minimum absolute atomic E-state index is 0.0802. The summed E-state index contributed by atoms with van der Waals surface area (Å²) in [5, 5.41) is 9.78. The van der Waals surface area contributed by atoms with Crippen molar-refractivity contribution < 1.29 is 23.1 Å². The lowest BCUT2D eigenvalue weighted by Crippen LogP contribution is -2.16. The van der Waals surface area contributed by atoms with Gasteiger partial charge in [0.25, 0.3) is 0 Å². The number of esters is 1. The molecule has 140 valence electrons. The van der Waals surface area contributed by atoms with E-state index in [1.54, 1.807) is 13.8 Å². The summed E-state index contributed by atoms with van der Waals surface area (Å²) in [4.78, 5) is 12.1. The van der Waals surface area contributed by atoms with Crippen molar-refractivity contribution in [1.29, 1.82) is 0 Å². The van der Waals surface area contributed by atoms with Gasteiger partial charge in [0.2, 0.25) is 9.84 Å². The highest BCUT2D eigenvalue weighted by Crippen LogP contribution is 2.30. The van der Waals surface area contributed by atoms with Crippen molar-refractivity contribution in [2.75, 3.05) is 0 Å². The fraction of sp³-hybridized carbons (Fsp3) is 0.350. The maximum atomic E-state index is 12.9. The van der Waals surface area contributed by atoms with Gasteiger partial charge in [-0.3, -0.25) is 4.79 Å². The second-order valence-electron chi connectivity index (χ2n) is 6.35. The SMILES string of the molecule is CCc1cc(S(=O)(=O)c2ccc(OC(=O)C(C)C)c(CC)c2)ccc1O. The van der Waals surface area contributed by atoms with Gasteiger partial charge in [-0.2, -0.15) is 0 Å². The molecule has 0 aliphatic rings. The average Bonchev–Trinajstić information content (AvgIpc) is 2.61. The Hall–Kier alpha value is -2.34. The molecule has 0 atom stereocenters. The van der Waals surface area contributed by atoms with Gasteiger partial charge in [-0.05, 0) is 60.4 Å². The molecule has 26 heavy (non-hydrogen) atoms. The molecule has 1 N–H and O–H groups in total. The summed E-state index contributed by atoms with van der Waals surface area (Å²) < 4.78 is 31.2. The zero-order valence-corrected chi connectivity index (χ0v) is 16.3. The zero-order valence-electron chi connectivity index (χ0n) is 15.4. The zero-order chi connectivity index (χ0) is 19.5. The van der Waals surface area contributed by atoms with Gasteiger partial charge in [-0.15, -0.1) is 0 Å². The molecule has 2 aromatic rings. The van der Waals surface area contributed by atoms with Crippen molar-refractivity contribution in [1.82, 2.24) is 0 Å². The fourth-order valence-electron chi connectivity index (χ4n) is 2.47. The Morgan fingerprint density at radius 1 is 1.00 bits per heavy atom. The highest BCUT2D eigenvalue weighted by atomic mass is 32.2. The summed E-state index contributed by atoms with van der Waals surface area (Å²) in [5.74, 6) is -0.171. The Morgan fingerprint density at radius 2 is 1.54 bits per heavy atom. The van der Waals surface area contributed by atoms with Gasteiger partial charge in [0.15, 0.2) is 0 Å². The number of phenols is 1. The lowest BCUT2D eigenvalue weighted by molar-refractivity contribution is -0.137. The fourth-order valence-corrected chi connectivity index (χ4v) is 3.83. The third-order valence-corrected chi connectivity index (χ3v) is 5.90. The van der Waals surface area contributed by atoms with E-state index in [0.717, 1.165) is 0 Å². The second kappa shape index (κ2) is 7.91. The highest BCUT2D eigenvalue weighted by molar-refractivity contribution is 7.91. The number of aryl methyl sites for hydroxylation is 2. The van der Waals surface area contributed by atoms with Crippen LogP contribution >= 0.6 is 0 Å². The van der Waals surface area contributed by atoms with E-state index in [-0.39, 0.29) is 27.4 Å². The predicted octanol–water partition coefficient (Wildman–Crippen LogP) is 3.91. The average molecular weight is 376 g/mol. The number of benzene rings is 2. The number of carbonyl (C=O) groups excluding carboxylic acids is 1. The van der Waals surface area contributed by atoms with Gasteiger partial charge in [-0.25, -0.2) is 8.42 Å². The standard InChI is InChI=1S/C20H24O5S/c1-5-14-11-16(7-9-18(14)21)26(23,24)17-8-10-19(15(6-2)12-17)25-20(22)13(3)4/h7-13,21H,5-6H2,1-4H3. The number of sulfone groups is 1. The third-order valence-electron chi connectivity index (χ3n) is 4.15. The van der Waals surface area contributed by atoms with Crippen molar-refractivity contribution in [3.05, 3.63) is 47.5 Å². The van der Waals surface area contributed by atoms with Crippen LogP contribution in [0.25, 0.3) is 0 Å². The minimum atomic E-state index is -3.73. The molecule has 0 saturated heterocycles. The molecular weight excluding hydrogens is 352 g/mol. The van der Waals surface area contributed by atoms with E-state index in [2.05, 4.69) is 0 Å². The first-order chi connectivity index (χ1) is 12.2. The first-order valence-electron chi connectivity index (χ1n) is 8.62. The number of ether oxygens (including phenoxy) is 1. The minimum Gasteiger partial charge on any atom is -0.508 e. The number of rotatable bonds is 6. The Morgan fingerprint density at radius 3 is 2.08 bits per heavy atom. The molecule has 2 rings (SSSR count). The molecule has 0 radical (unpaired) electrons. The van der Waals surface area contributed by atoms with Gasteiger partial charge in [0, 0.05) is 0 Å². The number of aromatic hydroxyl groups is 1. The van der Waals surface area contributed by atoms with Crippen LogP contribution in [-0.2, 0) is 27.5 Å². The Kier molecular flexibility index (Phi) is 6.08. The third kappa shape index (κ3) is 4.07. The van der Waals surface area contributed by atoms with Crippen molar-refractivity contribution in [2.24, 2.45) is 5.92 Å². The summed E-state index contributed by atoms with van der Waals surface area (Å²) in [6.45, 7) is 7.19. The molecule has 6 heteroatoms. The summed E-state index contributed by atoms with van der Waals surface area (Å²) in [6.07, 6.45) is 1.05. The van der Waals surface area contributed by atoms with E-state index < -0.39 is 9.84 Å². The van der Waals surface area contributed by atoms with Gasteiger partial charge in [-0.1, -0.05) is 27.7 Å². The van der Waals surface area contributed by atoms with Gasteiger partial charge in [0.05, 0.1) is 15.7 Å². The van der Waals surface area contributed by atoms with Gasteiger partial charge < -0.3 is 9.84 Å². The molecule has 0 spiro atoms. The molecule has 2 aromatic carbocycles. The number of phenolic OH excluding ortho intramolecular Hbond substituents is 1. The van der Waals surface area contributed by atoms with Crippen LogP contribution in [0.2, 0.25) is 0 Å². The van der Waals surface area contributed by atoms with Crippen molar-refractivity contribution in [3.8, 4) is 11.5 Å². The molecule has 0 aliphatic carbocycles. The van der Waals surface area contributed by atoms with Crippen LogP contribution in [0, 0.1) is 5.92 Å². The van der Waals surface area contributed by atoms with Crippen molar-refractivity contribution >= 4 is 15.8 Å². The summed E-state index contributed by atoms with van der Waals surface area (Å²) in [6, 6.07) is 8.77. The maximum Gasteiger partial charge on any atom is 0.313 e. The Labute approximate surface area is 154 Å². The molecule has 0 amide bonds. The Balaban J connectivity index is 2.46. The molecular formula is C20H24O5S. The van der Waals surface area contributed by atoms with Crippen LogP contribution in [0.1, 0.15) is 38.8 Å². The van der Waals surface area contributed by atoms with E-state index in [9.17, 15) is 18.3 Å². The summed E-state index contributed by atoms with van der Waals surface area (Å²) >= 11 is 0. The molecule has 0 aromatic heterocycles. The van der Waals surface area contributed by atoms with E-state index in [1.807, 2.05) is 13.8 Å². The summed E-state index contributed by atoms with van der Waals surface area (Å²) in [5.41, 5.74) is 1.22. The first kappa shape index (κ1) is 20.0. The smallest absolute Gasteiger partial charge is 0.313 e. The molecule has 0 aliphatic heterocycles. The largest absolute Gasteiger partial charge is 0.508 e. The molecule has 0 bridgehead atoms. The topological polar surface area (TPSA) is 80.7 Å². The van der Waals surface area contributed by atoms with Crippen LogP contribution in [0.5, 0.6) is 11.5 Å². The predicted molar refractivity (Wildman–Crippen MR) is 99.2 cm³/mol. The number of carbonyl (C=O) groups is 1. The van der Waals surface area contributed by atoms with E-state index >= 15 is 0 Å². The molecule has 0 saturated carbocycles. The van der Waals surface area contributed by atoms with Crippen LogP contribution in [0.15, 0.2) is 46.2 Å².